The van der Waals surface area contributed by atoms with Gasteiger partial charge in [-0.2, -0.15) is 0 Å². The second kappa shape index (κ2) is 4.50. The Morgan fingerprint density at radius 1 is 1.29 bits per heavy atom. The van der Waals surface area contributed by atoms with Gasteiger partial charge in [-0.05, 0) is 36.6 Å². The molecule has 2 nitrogen and oxygen atoms in total. The van der Waals surface area contributed by atoms with Crippen LogP contribution in [0.2, 0.25) is 0 Å². The Kier molecular flexibility index (Phi) is 3.05. The normalized spacial score (nSPS) is 11.4. The van der Waals surface area contributed by atoms with E-state index in [1.807, 2.05) is 13.0 Å². The van der Waals surface area contributed by atoms with Crippen LogP contribution >= 0.6 is 0 Å². The lowest BCUT2D eigenvalue weighted by atomic mass is 10.0. The molecule has 0 amide bonds. The van der Waals surface area contributed by atoms with Crippen molar-refractivity contribution in [3.8, 4) is 0 Å². The number of nitrogen functional groups attached to an aromatic ring is 1. The molecule has 2 rings (SSSR count). The fourth-order valence-electron chi connectivity index (χ4n) is 2.07. The molecular weight excluding hydrogens is 208 g/mol. The van der Waals surface area contributed by atoms with Gasteiger partial charge in [0.2, 0.25) is 0 Å². The summed E-state index contributed by atoms with van der Waals surface area (Å²) in [5.74, 6) is 0.728. The average molecular weight is 226 g/mol. The SMILES string of the molecule is C=Cc1cc2c(N)[nH]c(C)c2cc1/C=C\CC. The van der Waals surface area contributed by atoms with Gasteiger partial charge >= 0.3 is 0 Å². The highest BCUT2D eigenvalue weighted by Crippen LogP contribution is 2.29. The van der Waals surface area contributed by atoms with Crippen molar-refractivity contribution >= 4 is 28.7 Å². The van der Waals surface area contributed by atoms with Gasteiger partial charge in [0, 0.05) is 16.5 Å². The number of allylic oxidation sites excluding steroid dienone is 1. The van der Waals surface area contributed by atoms with Crippen LogP contribution in [0.4, 0.5) is 5.82 Å². The van der Waals surface area contributed by atoms with Gasteiger partial charge in [-0.3, -0.25) is 0 Å². The molecule has 0 bridgehead atoms. The van der Waals surface area contributed by atoms with Gasteiger partial charge in [0.15, 0.2) is 0 Å². The summed E-state index contributed by atoms with van der Waals surface area (Å²) >= 11 is 0. The minimum Gasteiger partial charge on any atom is -0.385 e. The zero-order chi connectivity index (χ0) is 12.4. The summed E-state index contributed by atoms with van der Waals surface area (Å²) in [5.41, 5.74) is 9.36. The lowest BCUT2D eigenvalue weighted by Crippen LogP contribution is -1.85. The van der Waals surface area contributed by atoms with Gasteiger partial charge in [0.05, 0.1) is 0 Å². The number of hydrogen-bond acceptors (Lipinski definition) is 1. The fourth-order valence-corrected chi connectivity index (χ4v) is 2.07. The molecule has 17 heavy (non-hydrogen) atoms. The number of aryl methyl sites for hydroxylation is 1. The number of fused-ring (bicyclic) bond motifs is 1. The number of aromatic amines is 1. The molecule has 0 aliphatic carbocycles. The Morgan fingerprint density at radius 2 is 2.00 bits per heavy atom. The van der Waals surface area contributed by atoms with Crippen LogP contribution in [0.5, 0.6) is 0 Å². The van der Waals surface area contributed by atoms with E-state index in [-0.39, 0.29) is 0 Å². The molecule has 3 N–H and O–H groups in total. The predicted molar refractivity (Wildman–Crippen MR) is 76.9 cm³/mol. The van der Waals surface area contributed by atoms with Crippen LogP contribution in [0.3, 0.4) is 0 Å². The molecule has 2 heteroatoms. The number of anilines is 1. The maximum absolute atomic E-state index is 5.94. The first-order valence-electron chi connectivity index (χ1n) is 5.88. The highest BCUT2D eigenvalue weighted by atomic mass is 14.9. The van der Waals surface area contributed by atoms with E-state index in [2.05, 4.69) is 42.8 Å². The Balaban J connectivity index is 2.71. The zero-order valence-corrected chi connectivity index (χ0v) is 10.4. The highest BCUT2D eigenvalue weighted by Gasteiger charge is 2.07. The van der Waals surface area contributed by atoms with Gasteiger partial charge in [-0.25, -0.2) is 0 Å². The molecule has 0 aliphatic heterocycles. The predicted octanol–water partition coefficient (Wildman–Crippen LogP) is 4.12. The lowest BCUT2D eigenvalue weighted by molar-refractivity contribution is 1.23. The van der Waals surface area contributed by atoms with Crippen LogP contribution in [0, 0.1) is 6.92 Å². The van der Waals surface area contributed by atoms with Gasteiger partial charge in [0.1, 0.15) is 5.82 Å². The third kappa shape index (κ3) is 1.98. The number of hydrogen-bond donors (Lipinski definition) is 2. The summed E-state index contributed by atoms with van der Waals surface area (Å²) in [6, 6.07) is 4.26. The van der Waals surface area contributed by atoms with E-state index in [1.165, 1.54) is 10.9 Å². The summed E-state index contributed by atoms with van der Waals surface area (Å²) in [4.78, 5) is 3.17. The second-order valence-electron chi connectivity index (χ2n) is 4.21. The third-order valence-corrected chi connectivity index (χ3v) is 2.99. The molecule has 1 heterocycles. The van der Waals surface area contributed by atoms with Crippen LogP contribution < -0.4 is 5.73 Å². The number of nitrogens with one attached hydrogen (secondary N) is 1. The van der Waals surface area contributed by atoms with E-state index in [1.54, 1.807) is 0 Å². The van der Waals surface area contributed by atoms with Crippen LogP contribution in [-0.4, -0.2) is 4.98 Å². The van der Waals surface area contributed by atoms with E-state index in [0.29, 0.717) is 0 Å². The van der Waals surface area contributed by atoms with Crippen molar-refractivity contribution in [3.63, 3.8) is 0 Å². The minimum absolute atomic E-state index is 0.728. The summed E-state index contributed by atoms with van der Waals surface area (Å²) < 4.78 is 0. The Hall–Kier alpha value is -1.96. The van der Waals surface area contributed by atoms with Crippen molar-refractivity contribution in [2.75, 3.05) is 5.73 Å². The number of H-pyrrole nitrogens is 1. The third-order valence-electron chi connectivity index (χ3n) is 2.99. The minimum atomic E-state index is 0.728. The first kappa shape index (κ1) is 11.5. The van der Waals surface area contributed by atoms with Gasteiger partial charge < -0.3 is 10.7 Å². The van der Waals surface area contributed by atoms with Crippen molar-refractivity contribution in [3.05, 3.63) is 41.6 Å². The van der Waals surface area contributed by atoms with Crippen LogP contribution in [0.1, 0.15) is 30.2 Å². The van der Waals surface area contributed by atoms with Crippen molar-refractivity contribution in [1.82, 2.24) is 4.98 Å². The van der Waals surface area contributed by atoms with E-state index in [0.717, 1.165) is 28.9 Å². The fraction of sp³-hybridized carbons (Fsp3) is 0.200. The van der Waals surface area contributed by atoms with Crippen LogP contribution in [0.25, 0.3) is 22.9 Å². The van der Waals surface area contributed by atoms with Gasteiger partial charge in [-0.15, -0.1) is 0 Å². The molecule has 0 saturated carbocycles. The Labute approximate surface area is 102 Å². The molecule has 0 fully saturated rings. The molecule has 1 aromatic carbocycles. The number of aromatic nitrogens is 1. The molecule has 0 aliphatic rings. The number of benzene rings is 1. The largest absolute Gasteiger partial charge is 0.385 e. The monoisotopic (exact) mass is 226 g/mol. The first-order chi connectivity index (χ1) is 8.17. The van der Waals surface area contributed by atoms with Crippen molar-refractivity contribution in [2.45, 2.75) is 20.3 Å². The summed E-state index contributed by atoms with van der Waals surface area (Å²) in [6.07, 6.45) is 7.19. The van der Waals surface area contributed by atoms with Crippen molar-refractivity contribution in [2.24, 2.45) is 0 Å². The Morgan fingerprint density at radius 3 is 2.65 bits per heavy atom. The van der Waals surface area contributed by atoms with Crippen molar-refractivity contribution < 1.29 is 0 Å². The van der Waals surface area contributed by atoms with Crippen LogP contribution in [-0.2, 0) is 0 Å². The number of rotatable bonds is 3. The quantitative estimate of drug-likeness (QED) is 0.812. The molecule has 0 unspecified atom stereocenters. The molecule has 0 spiro atoms. The topological polar surface area (TPSA) is 41.8 Å². The molecule has 0 radical (unpaired) electrons. The maximum atomic E-state index is 5.94. The smallest absolute Gasteiger partial charge is 0.108 e. The Bertz CT molecular complexity index is 588. The highest BCUT2D eigenvalue weighted by molar-refractivity contribution is 5.97. The lowest BCUT2D eigenvalue weighted by Gasteiger charge is -2.03. The number of nitrogens with two attached hydrogens (primary N) is 1. The standard InChI is InChI=1S/C15H18N2/c1-4-6-7-12-9-13-10(3)17-15(16)14(13)8-11(12)5-2/h5-9,17H,2,4,16H2,1,3H3/b7-6-. The van der Waals surface area contributed by atoms with Gasteiger partial charge in [-0.1, -0.05) is 31.7 Å². The molecular formula is C15H18N2. The average Bonchev–Trinajstić information content (AvgIpc) is 2.61. The first-order valence-corrected chi connectivity index (χ1v) is 5.88. The molecule has 1 aromatic heterocycles. The van der Waals surface area contributed by atoms with E-state index in [9.17, 15) is 0 Å². The summed E-state index contributed by atoms with van der Waals surface area (Å²) in [6.45, 7) is 8.03. The molecule has 0 atom stereocenters. The summed E-state index contributed by atoms with van der Waals surface area (Å²) in [5, 5.41) is 2.26. The van der Waals surface area contributed by atoms with E-state index in [4.69, 9.17) is 5.73 Å². The second-order valence-corrected chi connectivity index (χ2v) is 4.21. The van der Waals surface area contributed by atoms with Crippen molar-refractivity contribution in [1.29, 1.82) is 0 Å². The van der Waals surface area contributed by atoms with Gasteiger partial charge in [0.25, 0.3) is 0 Å². The van der Waals surface area contributed by atoms with E-state index >= 15 is 0 Å². The van der Waals surface area contributed by atoms with E-state index < -0.39 is 0 Å². The maximum Gasteiger partial charge on any atom is 0.108 e. The summed E-state index contributed by atoms with van der Waals surface area (Å²) in [7, 11) is 0. The molecule has 2 aromatic rings. The zero-order valence-electron chi connectivity index (χ0n) is 10.4. The van der Waals surface area contributed by atoms with Crippen LogP contribution in [0.15, 0.2) is 24.8 Å². The molecule has 0 saturated heterocycles. The molecule has 88 valence electrons.